The molecule has 2 amide bonds. The topological polar surface area (TPSA) is 123 Å². The molecule has 0 bridgehead atoms. The molecule has 10 heteroatoms. The Morgan fingerprint density at radius 2 is 1.87 bits per heavy atom. The van der Waals surface area contributed by atoms with Gasteiger partial charge >= 0.3 is 6.61 Å². The Bertz CT molecular complexity index is 718. The fraction of sp³-hybridized carbons (Fsp3) is 0.619. The Balaban J connectivity index is 2.05. The molecule has 5 N–H and O–H groups in total. The van der Waals surface area contributed by atoms with E-state index >= 15 is 0 Å². The summed E-state index contributed by atoms with van der Waals surface area (Å²) in [5, 5.41) is 16.2. The molecule has 1 heterocycles. The van der Waals surface area contributed by atoms with E-state index in [9.17, 15) is 23.5 Å². The lowest BCUT2D eigenvalue weighted by atomic mass is 9.77. The fourth-order valence-electron chi connectivity index (χ4n) is 3.36. The van der Waals surface area contributed by atoms with Gasteiger partial charge in [0, 0.05) is 5.41 Å². The number of ether oxygens (including phenoxy) is 2. The number of hydrogen-bond donors (Lipinski definition) is 4. The first-order valence-electron chi connectivity index (χ1n) is 10.2. The lowest BCUT2D eigenvalue weighted by molar-refractivity contribution is -0.170. The number of carbonyl (C=O) groups is 2. The van der Waals surface area contributed by atoms with Crippen LogP contribution in [-0.4, -0.2) is 67.6 Å². The van der Waals surface area contributed by atoms with Gasteiger partial charge in [-0.15, -0.1) is 0 Å². The lowest BCUT2D eigenvalue weighted by Crippen LogP contribution is -2.61. The van der Waals surface area contributed by atoms with Crippen molar-refractivity contribution in [3.63, 3.8) is 0 Å². The number of rotatable bonds is 12. The van der Waals surface area contributed by atoms with E-state index in [0.717, 1.165) is 5.56 Å². The van der Waals surface area contributed by atoms with Crippen LogP contribution >= 0.6 is 0 Å². The van der Waals surface area contributed by atoms with Crippen LogP contribution in [0.2, 0.25) is 0 Å². The van der Waals surface area contributed by atoms with Gasteiger partial charge in [0.15, 0.2) is 0 Å². The van der Waals surface area contributed by atoms with Crippen LogP contribution in [0.5, 0.6) is 0 Å². The zero-order chi connectivity index (χ0) is 23.0. The van der Waals surface area contributed by atoms with Crippen molar-refractivity contribution in [2.45, 2.75) is 57.5 Å². The van der Waals surface area contributed by atoms with Crippen molar-refractivity contribution in [2.75, 3.05) is 19.8 Å². The van der Waals surface area contributed by atoms with Gasteiger partial charge in [-0.05, 0) is 18.4 Å². The molecule has 1 aromatic rings. The second-order valence-corrected chi connectivity index (χ2v) is 8.07. The molecule has 3 unspecified atom stereocenters. The summed E-state index contributed by atoms with van der Waals surface area (Å²) in [6.45, 7) is 0.614. The molecule has 0 aliphatic carbocycles. The van der Waals surface area contributed by atoms with Crippen LogP contribution in [0.1, 0.15) is 25.8 Å². The van der Waals surface area contributed by atoms with Gasteiger partial charge in [-0.25, -0.2) is 0 Å². The number of amides is 2. The van der Waals surface area contributed by atoms with Crippen LogP contribution < -0.4 is 16.4 Å². The number of aliphatic hydroxyl groups is 1. The third kappa shape index (κ3) is 7.20. The molecule has 1 saturated heterocycles. The summed E-state index contributed by atoms with van der Waals surface area (Å²) in [5.74, 6) is -1.27. The van der Waals surface area contributed by atoms with Crippen LogP contribution in [0.25, 0.3) is 0 Å². The zero-order valence-electron chi connectivity index (χ0n) is 17.7. The summed E-state index contributed by atoms with van der Waals surface area (Å²) in [6.07, 6.45) is -0.246. The highest BCUT2D eigenvalue weighted by atomic mass is 19.3. The number of alkyl halides is 2. The molecule has 1 aromatic carbocycles. The van der Waals surface area contributed by atoms with E-state index in [0.29, 0.717) is 19.6 Å². The van der Waals surface area contributed by atoms with Crippen molar-refractivity contribution < 1.29 is 33.0 Å². The van der Waals surface area contributed by atoms with Gasteiger partial charge in [-0.1, -0.05) is 44.2 Å². The number of carbonyl (C=O) groups excluding carboxylic acids is 2. The van der Waals surface area contributed by atoms with Gasteiger partial charge in [0.2, 0.25) is 11.8 Å². The van der Waals surface area contributed by atoms with Crippen molar-refractivity contribution >= 4 is 11.8 Å². The molecular weight excluding hydrogens is 412 g/mol. The van der Waals surface area contributed by atoms with Crippen LogP contribution in [0.15, 0.2) is 30.3 Å². The van der Waals surface area contributed by atoms with Crippen LogP contribution in [0.4, 0.5) is 8.78 Å². The largest absolute Gasteiger partial charge is 0.390 e. The number of nitrogens with two attached hydrogens (primary N) is 1. The summed E-state index contributed by atoms with van der Waals surface area (Å²) < 4.78 is 33.6. The Morgan fingerprint density at radius 3 is 2.39 bits per heavy atom. The zero-order valence-corrected chi connectivity index (χ0v) is 17.7. The predicted molar refractivity (Wildman–Crippen MR) is 109 cm³/mol. The highest BCUT2D eigenvalue weighted by molar-refractivity contribution is 5.89. The SMILES string of the molecule is CC[C@H](NC(=O)C(N)COC(F)F)C(=O)NC(Cc1ccccc1)C(O)C1(C)COC1. The molecule has 174 valence electrons. The minimum absolute atomic E-state index is 0.245. The molecule has 1 fully saturated rings. The average Bonchev–Trinajstić information content (AvgIpc) is 2.73. The first kappa shape index (κ1) is 25.1. The van der Waals surface area contributed by atoms with E-state index in [1.54, 1.807) is 6.92 Å². The van der Waals surface area contributed by atoms with E-state index in [2.05, 4.69) is 15.4 Å². The Morgan fingerprint density at radius 1 is 1.23 bits per heavy atom. The molecule has 0 spiro atoms. The highest BCUT2D eigenvalue weighted by Crippen LogP contribution is 2.33. The van der Waals surface area contributed by atoms with Crippen molar-refractivity contribution in [1.29, 1.82) is 0 Å². The first-order valence-corrected chi connectivity index (χ1v) is 10.2. The van der Waals surface area contributed by atoms with Crippen LogP contribution in [0.3, 0.4) is 0 Å². The van der Waals surface area contributed by atoms with E-state index in [4.69, 9.17) is 10.5 Å². The van der Waals surface area contributed by atoms with Gasteiger partial charge in [0.05, 0.1) is 32.0 Å². The summed E-state index contributed by atoms with van der Waals surface area (Å²) >= 11 is 0. The maximum atomic E-state index is 12.9. The summed E-state index contributed by atoms with van der Waals surface area (Å²) in [4.78, 5) is 25.0. The molecule has 0 radical (unpaired) electrons. The second kappa shape index (κ2) is 11.5. The third-order valence-corrected chi connectivity index (χ3v) is 5.36. The van der Waals surface area contributed by atoms with Gasteiger partial charge in [-0.2, -0.15) is 8.78 Å². The van der Waals surface area contributed by atoms with E-state index in [1.807, 2.05) is 37.3 Å². The normalized spacial score (nSPS) is 19.1. The third-order valence-electron chi connectivity index (χ3n) is 5.36. The molecule has 8 nitrogen and oxygen atoms in total. The Labute approximate surface area is 180 Å². The molecule has 4 atom stereocenters. The minimum Gasteiger partial charge on any atom is -0.390 e. The molecule has 1 aliphatic rings. The molecule has 0 aromatic heterocycles. The molecule has 0 saturated carbocycles. The number of benzene rings is 1. The predicted octanol–water partition coefficient (Wildman–Crippen LogP) is 0.573. The quantitative estimate of drug-likeness (QED) is 0.375. The van der Waals surface area contributed by atoms with Crippen LogP contribution in [-0.2, 0) is 25.5 Å². The lowest BCUT2D eigenvalue weighted by Gasteiger charge is -2.45. The molecule has 1 aliphatic heterocycles. The molecule has 2 rings (SSSR count). The van der Waals surface area contributed by atoms with Crippen molar-refractivity contribution in [2.24, 2.45) is 11.1 Å². The number of nitrogens with one attached hydrogen (secondary N) is 2. The first-order chi connectivity index (χ1) is 14.7. The van der Waals surface area contributed by atoms with Crippen molar-refractivity contribution in [1.82, 2.24) is 10.6 Å². The van der Waals surface area contributed by atoms with Crippen molar-refractivity contribution in [3.8, 4) is 0 Å². The second-order valence-electron chi connectivity index (χ2n) is 8.07. The minimum atomic E-state index is -3.04. The van der Waals surface area contributed by atoms with E-state index < -0.39 is 54.7 Å². The number of aliphatic hydroxyl groups excluding tert-OH is 1. The maximum Gasteiger partial charge on any atom is 0.345 e. The molecular formula is C21H31F2N3O5. The van der Waals surface area contributed by atoms with Gasteiger partial charge in [0.1, 0.15) is 12.1 Å². The maximum absolute atomic E-state index is 12.9. The van der Waals surface area contributed by atoms with Gasteiger partial charge in [-0.3, -0.25) is 9.59 Å². The van der Waals surface area contributed by atoms with Gasteiger partial charge in [0.25, 0.3) is 0 Å². The summed E-state index contributed by atoms with van der Waals surface area (Å²) in [7, 11) is 0. The van der Waals surface area contributed by atoms with E-state index in [-0.39, 0.29) is 6.42 Å². The monoisotopic (exact) mass is 443 g/mol. The highest BCUT2D eigenvalue weighted by Gasteiger charge is 2.45. The van der Waals surface area contributed by atoms with Crippen molar-refractivity contribution in [3.05, 3.63) is 35.9 Å². The average molecular weight is 443 g/mol. The van der Waals surface area contributed by atoms with Crippen LogP contribution in [0, 0.1) is 5.41 Å². The summed E-state index contributed by atoms with van der Waals surface area (Å²) in [5.41, 5.74) is 5.98. The number of hydrogen-bond acceptors (Lipinski definition) is 6. The fourth-order valence-corrected chi connectivity index (χ4v) is 3.36. The smallest absolute Gasteiger partial charge is 0.345 e. The summed E-state index contributed by atoms with van der Waals surface area (Å²) in [6, 6.07) is 6.50. The standard InChI is InChI=1S/C21H31F2N3O5/c1-3-15(25-18(28)14(24)10-31-20(22)23)19(29)26-16(9-13-7-5-4-6-8-13)17(27)21(2)11-30-12-21/h4-8,14-17,20,27H,3,9-12,24H2,1-2H3,(H,25,28)(H,26,29)/t14?,15-,16?,17?/m0/s1. The Kier molecular flexibility index (Phi) is 9.30. The van der Waals surface area contributed by atoms with Gasteiger partial charge < -0.3 is 30.9 Å². The van der Waals surface area contributed by atoms with E-state index in [1.165, 1.54) is 0 Å². The molecule has 31 heavy (non-hydrogen) atoms. The Hall–Kier alpha value is -2.14. The number of halogens is 2.